The molecule has 1 aliphatic rings. The van der Waals surface area contributed by atoms with Crippen molar-refractivity contribution >= 4 is 17.4 Å². The highest BCUT2D eigenvalue weighted by atomic mass is 19.1. The third-order valence-corrected chi connectivity index (χ3v) is 6.20. The fourth-order valence-electron chi connectivity index (χ4n) is 4.25. The summed E-state index contributed by atoms with van der Waals surface area (Å²) in [6.45, 7) is 11.0. The molecule has 0 radical (unpaired) electrons. The molecule has 2 aromatic carbocycles. The third-order valence-electron chi connectivity index (χ3n) is 6.20. The lowest BCUT2D eigenvalue weighted by molar-refractivity contribution is -0.140. The van der Waals surface area contributed by atoms with Gasteiger partial charge in [0.1, 0.15) is 17.3 Å². The first-order chi connectivity index (χ1) is 16.3. The van der Waals surface area contributed by atoms with Crippen LogP contribution in [0.2, 0.25) is 0 Å². The zero-order valence-corrected chi connectivity index (χ0v) is 20.3. The van der Waals surface area contributed by atoms with Gasteiger partial charge in [0.15, 0.2) is 0 Å². The number of likely N-dealkylation sites (tertiary alicyclic amines) is 1. The minimum atomic E-state index is -0.799. The Morgan fingerprint density at radius 3 is 2.35 bits per heavy atom. The number of aryl methyl sites for hydroxylation is 1. The number of ketones is 1. The lowest BCUT2D eigenvalue weighted by atomic mass is 9.94. The predicted octanol–water partition coefficient (Wildman–Crippen LogP) is 4.69. The van der Waals surface area contributed by atoms with Crippen molar-refractivity contribution in [2.45, 2.75) is 40.2 Å². The van der Waals surface area contributed by atoms with Crippen LogP contribution < -0.4 is 4.74 Å². The molecule has 1 saturated heterocycles. The average Bonchev–Trinajstić information content (AvgIpc) is 3.08. The van der Waals surface area contributed by atoms with E-state index >= 15 is 0 Å². The molecule has 0 saturated carbocycles. The summed E-state index contributed by atoms with van der Waals surface area (Å²) >= 11 is 0. The van der Waals surface area contributed by atoms with Gasteiger partial charge in [-0.05, 0) is 67.9 Å². The highest BCUT2D eigenvalue weighted by Crippen LogP contribution is 2.40. The summed E-state index contributed by atoms with van der Waals surface area (Å²) in [5.74, 6) is -1.38. The van der Waals surface area contributed by atoms with Crippen LogP contribution in [0.4, 0.5) is 4.39 Å². The molecule has 1 unspecified atom stereocenters. The molecule has 0 aromatic heterocycles. The molecular weight excluding hydrogens is 435 g/mol. The first kappa shape index (κ1) is 25.4. The number of carbonyl (C=O) groups excluding carboxylic acids is 2. The van der Waals surface area contributed by atoms with Crippen LogP contribution in [0.1, 0.15) is 49.9 Å². The quantitative estimate of drug-likeness (QED) is 0.311. The van der Waals surface area contributed by atoms with Gasteiger partial charge in [0.25, 0.3) is 11.7 Å². The highest BCUT2D eigenvalue weighted by molar-refractivity contribution is 6.46. The Balaban J connectivity index is 2.07. The van der Waals surface area contributed by atoms with E-state index in [9.17, 15) is 19.1 Å². The van der Waals surface area contributed by atoms with E-state index in [1.165, 1.54) is 17.0 Å². The van der Waals surface area contributed by atoms with Crippen LogP contribution in [0.25, 0.3) is 5.76 Å². The van der Waals surface area contributed by atoms with Crippen LogP contribution in [0, 0.1) is 12.7 Å². The second kappa shape index (κ2) is 11.3. The number of Topliss-reactive ketones (excluding diaryl/α,β-unsaturated/α-hetero) is 1. The molecule has 1 fully saturated rings. The van der Waals surface area contributed by atoms with Crippen molar-refractivity contribution in [3.05, 3.63) is 70.5 Å². The number of hydrogen-bond acceptors (Lipinski definition) is 5. The largest absolute Gasteiger partial charge is 0.507 e. The fourth-order valence-corrected chi connectivity index (χ4v) is 4.25. The second-order valence-electron chi connectivity index (χ2n) is 8.40. The molecule has 6 nitrogen and oxygen atoms in total. The Labute approximate surface area is 200 Å². The summed E-state index contributed by atoms with van der Waals surface area (Å²) < 4.78 is 19.3. The first-order valence-corrected chi connectivity index (χ1v) is 11.8. The minimum Gasteiger partial charge on any atom is -0.507 e. The van der Waals surface area contributed by atoms with Crippen LogP contribution in [-0.2, 0) is 9.59 Å². The van der Waals surface area contributed by atoms with Crippen LogP contribution in [0.5, 0.6) is 5.75 Å². The van der Waals surface area contributed by atoms with Gasteiger partial charge in [-0.1, -0.05) is 32.9 Å². The molecule has 1 aliphatic heterocycles. The van der Waals surface area contributed by atoms with Crippen molar-refractivity contribution in [1.29, 1.82) is 0 Å². The number of nitrogens with zero attached hydrogens (tertiary/aromatic N) is 2. The summed E-state index contributed by atoms with van der Waals surface area (Å²) in [6, 6.07) is 10.1. The van der Waals surface area contributed by atoms with Gasteiger partial charge in [-0.3, -0.25) is 9.59 Å². The fraction of sp³-hybridized carbons (Fsp3) is 0.407. The standard InChI is InChI=1S/C27H33FN2O4/c1-5-16-34-21-12-13-22(18(4)17-21)25(31)23-24(19-8-10-20(28)11-9-19)30(27(33)26(23)32)15-14-29(6-2)7-3/h8-13,17,24,31H,5-7,14-16H2,1-4H3. The van der Waals surface area contributed by atoms with Crippen LogP contribution in [-0.4, -0.2) is 59.4 Å². The Morgan fingerprint density at radius 1 is 1.09 bits per heavy atom. The molecule has 2 aromatic rings. The van der Waals surface area contributed by atoms with E-state index in [2.05, 4.69) is 4.90 Å². The number of rotatable bonds is 10. The van der Waals surface area contributed by atoms with Crippen molar-refractivity contribution < 1.29 is 23.8 Å². The minimum absolute atomic E-state index is 0.0153. The number of amides is 1. The maximum Gasteiger partial charge on any atom is 0.295 e. The number of hydrogen-bond donors (Lipinski definition) is 1. The van der Waals surface area contributed by atoms with Gasteiger partial charge in [-0.15, -0.1) is 0 Å². The summed E-state index contributed by atoms with van der Waals surface area (Å²) in [4.78, 5) is 29.9. The molecule has 0 aliphatic carbocycles. The molecule has 0 bridgehead atoms. The van der Waals surface area contributed by atoms with E-state index < -0.39 is 23.5 Å². The molecule has 182 valence electrons. The van der Waals surface area contributed by atoms with E-state index in [0.29, 0.717) is 36.6 Å². The lowest BCUT2D eigenvalue weighted by Gasteiger charge is -2.28. The van der Waals surface area contributed by atoms with Crippen molar-refractivity contribution in [3.63, 3.8) is 0 Å². The maximum atomic E-state index is 13.6. The summed E-state index contributed by atoms with van der Waals surface area (Å²) in [5.41, 5.74) is 1.76. The number of benzene rings is 2. The lowest BCUT2D eigenvalue weighted by Crippen LogP contribution is -2.38. The van der Waals surface area contributed by atoms with Gasteiger partial charge in [-0.2, -0.15) is 0 Å². The van der Waals surface area contributed by atoms with Crippen molar-refractivity contribution in [2.24, 2.45) is 0 Å². The Bertz CT molecular complexity index is 1060. The average molecular weight is 469 g/mol. The molecule has 1 amide bonds. The van der Waals surface area contributed by atoms with Gasteiger partial charge in [0.05, 0.1) is 18.2 Å². The van der Waals surface area contributed by atoms with Crippen LogP contribution >= 0.6 is 0 Å². The number of ether oxygens (including phenoxy) is 1. The molecule has 7 heteroatoms. The van der Waals surface area contributed by atoms with Crippen molar-refractivity contribution in [2.75, 3.05) is 32.8 Å². The summed E-state index contributed by atoms with van der Waals surface area (Å²) in [6.07, 6.45) is 0.870. The Kier molecular flexibility index (Phi) is 8.45. The Morgan fingerprint density at radius 2 is 1.76 bits per heavy atom. The normalized spacial score (nSPS) is 17.6. The number of aliphatic hydroxyl groups excluding tert-OH is 1. The van der Waals surface area contributed by atoms with E-state index in [0.717, 1.165) is 25.1 Å². The van der Waals surface area contributed by atoms with Gasteiger partial charge < -0.3 is 19.6 Å². The predicted molar refractivity (Wildman–Crippen MR) is 130 cm³/mol. The zero-order chi connectivity index (χ0) is 24.8. The molecular formula is C27H33FN2O4. The first-order valence-electron chi connectivity index (χ1n) is 11.8. The molecule has 1 heterocycles. The molecule has 3 rings (SSSR count). The van der Waals surface area contributed by atoms with E-state index in [4.69, 9.17) is 4.74 Å². The van der Waals surface area contributed by atoms with Crippen LogP contribution in [0.15, 0.2) is 48.0 Å². The molecule has 1 atom stereocenters. The number of halogens is 1. The summed E-state index contributed by atoms with van der Waals surface area (Å²) in [5, 5.41) is 11.3. The topological polar surface area (TPSA) is 70.1 Å². The zero-order valence-electron chi connectivity index (χ0n) is 20.3. The number of carbonyl (C=O) groups is 2. The summed E-state index contributed by atoms with van der Waals surface area (Å²) in [7, 11) is 0. The molecule has 1 N–H and O–H groups in total. The van der Waals surface area contributed by atoms with Gasteiger partial charge >= 0.3 is 0 Å². The van der Waals surface area contributed by atoms with Gasteiger partial charge in [0.2, 0.25) is 0 Å². The van der Waals surface area contributed by atoms with Crippen molar-refractivity contribution in [3.8, 4) is 5.75 Å². The monoisotopic (exact) mass is 468 g/mol. The van der Waals surface area contributed by atoms with Crippen LogP contribution in [0.3, 0.4) is 0 Å². The second-order valence-corrected chi connectivity index (χ2v) is 8.40. The van der Waals surface area contributed by atoms with Crippen molar-refractivity contribution in [1.82, 2.24) is 9.80 Å². The van der Waals surface area contributed by atoms with E-state index in [1.54, 1.807) is 30.3 Å². The van der Waals surface area contributed by atoms with E-state index in [-0.39, 0.29) is 11.3 Å². The SMILES string of the molecule is CCCOc1ccc(C(O)=C2C(=O)C(=O)N(CCN(CC)CC)C2c2ccc(F)cc2)c(C)c1. The maximum absolute atomic E-state index is 13.6. The number of aliphatic hydroxyl groups is 1. The smallest absolute Gasteiger partial charge is 0.295 e. The highest BCUT2D eigenvalue weighted by Gasteiger charge is 2.46. The molecule has 0 spiro atoms. The van der Waals surface area contributed by atoms with Gasteiger partial charge in [0, 0.05) is 18.7 Å². The Hall–Kier alpha value is -3.19. The van der Waals surface area contributed by atoms with Gasteiger partial charge in [-0.25, -0.2) is 4.39 Å². The third kappa shape index (κ3) is 5.30. The van der Waals surface area contributed by atoms with E-state index in [1.807, 2.05) is 27.7 Å². The number of likely N-dealkylation sites (N-methyl/N-ethyl adjacent to an activating group) is 1. The molecule has 34 heavy (non-hydrogen) atoms.